The molecule has 0 spiro atoms. The van der Waals surface area contributed by atoms with E-state index < -0.39 is 0 Å². The van der Waals surface area contributed by atoms with Crippen molar-refractivity contribution in [3.63, 3.8) is 0 Å². The van der Waals surface area contributed by atoms with Crippen LogP contribution < -0.4 is 4.74 Å². The van der Waals surface area contributed by atoms with Crippen molar-refractivity contribution in [2.75, 3.05) is 19.8 Å². The minimum Gasteiger partial charge on any atom is -0.494 e. The van der Waals surface area contributed by atoms with E-state index in [-0.39, 0.29) is 18.6 Å². The summed E-state index contributed by atoms with van der Waals surface area (Å²) in [5.74, 6) is 1.13. The predicted molar refractivity (Wildman–Crippen MR) is 66.1 cm³/mol. The van der Waals surface area contributed by atoms with Gasteiger partial charge in [0.1, 0.15) is 5.75 Å². The van der Waals surface area contributed by atoms with Crippen LogP contribution in [-0.2, 0) is 4.74 Å². The SMILES string of the molecule is CCCOc1ccc(C2OCCC2CO)cc1. The van der Waals surface area contributed by atoms with Crippen LogP contribution in [0.3, 0.4) is 0 Å². The Morgan fingerprint density at radius 2 is 2.12 bits per heavy atom. The molecular formula is C14H20O3. The van der Waals surface area contributed by atoms with Crippen molar-refractivity contribution in [3.8, 4) is 5.75 Å². The Labute approximate surface area is 102 Å². The number of aliphatic hydroxyl groups is 1. The van der Waals surface area contributed by atoms with Gasteiger partial charge in [-0.1, -0.05) is 19.1 Å². The van der Waals surface area contributed by atoms with E-state index in [0.29, 0.717) is 0 Å². The number of hydrogen-bond acceptors (Lipinski definition) is 3. The molecule has 0 radical (unpaired) electrons. The molecule has 17 heavy (non-hydrogen) atoms. The summed E-state index contributed by atoms with van der Waals surface area (Å²) in [6.07, 6.45) is 2.00. The van der Waals surface area contributed by atoms with Crippen LogP contribution in [0.15, 0.2) is 24.3 Å². The van der Waals surface area contributed by atoms with E-state index in [9.17, 15) is 5.11 Å². The summed E-state index contributed by atoms with van der Waals surface area (Å²) in [6, 6.07) is 8.01. The minimum absolute atomic E-state index is 0.0419. The molecule has 2 unspecified atom stereocenters. The Morgan fingerprint density at radius 1 is 1.35 bits per heavy atom. The molecule has 1 aliphatic rings. The van der Waals surface area contributed by atoms with Crippen LogP contribution in [-0.4, -0.2) is 24.9 Å². The molecule has 1 saturated heterocycles. The average Bonchev–Trinajstić information content (AvgIpc) is 2.85. The van der Waals surface area contributed by atoms with Crippen LogP contribution in [0.25, 0.3) is 0 Å². The van der Waals surface area contributed by atoms with Crippen LogP contribution in [0, 0.1) is 5.92 Å². The van der Waals surface area contributed by atoms with Gasteiger partial charge in [-0.3, -0.25) is 0 Å². The molecule has 1 aromatic carbocycles. The first-order valence-corrected chi connectivity index (χ1v) is 6.30. The fraction of sp³-hybridized carbons (Fsp3) is 0.571. The molecule has 1 aliphatic heterocycles. The third-order valence-corrected chi connectivity index (χ3v) is 3.13. The van der Waals surface area contributed by atoms with Gasteiger partial charge in [0.2, 0.25) is 0 Å². The summed E-state index contributed by atoms with van der Waals surface area (Å²) in [5.41, 5.74) is 1.13. The maximum atomic E-state index is 9.26. The number of benzene rings is 1. The Bertz CT molecular complexity index is 334. The van der Waals surface area contributed by atoms with E-state index in [2.05, 4.69) is 6.92 Å². The Balaban J connectivity index is 2.01. The van der Waals surface area contributed by atoms with Gasteiger partial charge in [-0.05, 0) is 30.5 Å². The second kappa shape index (κ2) is 6.03. The lowest BCUT2D eigenvalue weighted by atomic mass is 9.96. The van der Waals surface area contributed by atoms with Crippen molar-refractivity contribution in [2.45, 2.75) is 25.9 Å². The van der Waals surface area contributed by atoms with Crippen molar-refractivity contribution < 1.29 is 14.6 Å². The normalized spacial score (nSPS) is 23.9. The summed E-state index contributed by atoms with van der Waals surface area (Å²) in [5, 5.41) is 9.26. The van der Waals surface area contributed by atoms with Crippen molar-refractivity contribution in [2.24, 2.45) is 5.92 Å². The van der Waals surface area contributed by atoms with Crippen LogP contribution >= 0.6 is 0 Å². The van der Waals surface area contributed by atoms with Gasteiger partial charge in [0.15, 0.2) is 0 Å². The quantitative estimate of drug-likeness (QED) is 0.854. The highest BCUT2D eigenvalue weighted by Crippen LogP contribution is 2.34. The first-order chi connectivity index (χ1) is 8.35. The van der Waals surface area contributed by atoms with E-state index in [4.69, 9.17) is 9.47 Å². The standard InChI is InChI=1S/C14H20O3/c1-2-8-16-13-5-3-11(4-6-13)14-12(10-15)7-9-17-14/h3-6,12,14-15H,2,7-10H2,1H3. The number of hydrogen-bond donors (Lipinski definition) is 1. The van der Waals surface area contributed by atoms with E-state index in [0.717, 1.165) is 37.4 Å². The van der Waals surface area contributed by atoms with Crippen LogP contribution in [0.4, 0.5) is 0 Å². The van der Waals surface area contributed by atoms with E-state index >= 15 is 0 Å². The highest BCUT2D eigenvalue weighted by atomic mass is 16.5. The average molecular weight is 236 g/mol. The van der Waals surface area contributed by atoms with E-state index in [1.165, 1.54) is 0 Å². The summed E-state index contributed by atoms with van der Waals surface area (Å²) in [7, 11) is 0. The zero-order valence-electron chi connectivity index (χ0n) is 10.3. The van der Waals surface area contributed by atoms with Crippen LogP contribution in [0.1, 0.15) is 31.4 Å². The molecule has 0 aromatic heterocycles. The lowest BCUT2D eigenvalue weighted by Gasteiger charge is -2.17. The Morgan fingerprint density at radius 3 is 2.76 bits per heavy atom. The fourth-order valence-electron chi connectivity index (χ4n) is 2.16. The number of ether oxygens (including phenoxy) is 2. The van der Waals surface area contributed by atoms with Gasteiger partial charge in [0.05, 0.1) is 12.7 Å². The molecule has 1 N–H and O–H groups in total. The van der Waals surface area contributed by atoms with Gasteiger partial charge in [0.25, 0.3) is 0 Å². The van der Waals surface area contributed by atoms with Crippen molar-refractivity contribution >= 4 is 0 Å². The van der Waals surface area contributed by atoms with Gasteiger partial charge in [0, 0.05) is 19.1 Å². The first-order valence-electron chi connectivity index (χ1n) is 6.30. The molecule has 1 fully saturated rings. The lowest BCUT2D eigenvalue weighted by Crippen LogP contribution is -2.11. The Hall–Kier alpha value is -1.06. The fourth-order valence-corrected chi connectivity index (χ4v) is 2.16. The van der Waals surface area contributed by atoms with Crippen molar-refractivity contribution in [1.82, 2.24) is 0 Å². The van der Waals surface area contributed by atoms with E-state index in [1.807, 2.05) is 24.3 Å². The molecule has 2 atom stereocenters. The highest BCUT2D eigenvalue weighted by Gasteiger charge is 2.28. The van der Waals surface area contributed by atoms with Crippen molar-refractivity contribution in [1.29, 1.82) is 0 Å². The smallest absolute Gasteiger partial charge is 0.119 e. The second-order valence-corrected chi connectivity index (χ2v) is 4.44. The van der Waals surface area contributed by atoms with Crippen LogP contribution in [0.5, 0.6) is 5.75 Å². The lowest BCUT2D eigenvalue weighted by molar-refractivity contribution is 0.0720. The topological polar surface area (TPSA) is 38.7 Å². The molecule has 1 aromatic rings. The maximum Gasteiger partial charge on any atom is 0.119 e. The van der Waals surface area contributed by atoms with Gasteiger partial charge in [-0.2, -0.15) is 0 Å². The second-order valence-electron chi connectivity index (χ2n) is 4.44. The van der Waals surface area contributed by atoms with Gasteiger partial charge >= 0.3 is 0 Å². The Kier molecular flexibility index (Phi) is 4.40. The molecule has 94 valence electrons. The number of rotatable bonds is 5. The van der Waals surface area contributed by atoms with Crippen molar-refractivity contribution in [3.05, 3.63) is 29.8 Å². The molecule has 1 heterocycles. The third-order valence-electron chi connectivity index (χ3n) is 3.13. The molecule has 2 rings (SSSR count). The van der Waals surface area contributed by atoms with Gasteiger partial charge in [-0.15, -0.1) is 0 Å². The predicted octanol–water partition coefficient (Wildman–Crippen LogP) is 2.55. The maximum absolute atomic E-state index is 9.26. The molecule has 3 heteroatoms. The molecule has 0 bridgehead atoms. The molecule has 3 nitrogen and oxygen atoms in total. The summed E-state index contributed by atoms with van der Waals surface area (Å²) < 4.78 is 11.2. The molecule has 0 amide bonds. The summed E-state index contributed by atoms with van der Waals surface area (Å²) >= 11 is 0. The van der Waals surface area contributed by atoms with E-state index in [1.54, 1.807) is 0 Å². The zero-order valence-corrected chi connectivity index (χ0v) is 10.3. The largest absolute Gasteiger partial charge is 0.494 e. The third kappa shape index (κ3) is 2.99. The molecule has 0 aliphatic carbocycles. The van der Waals surface area contributed by atoms with Crippen LogP contribution in [0.2, 0.25) is 0 Å². The van der Waals surface area contributed by atoms with Gasteiger partial charge < -0.3 is 14.6 Å². The molecule has 0 saturated carbocycles. The van der Waals surface area contributed by atoms with Gasteiger partial charge in [-0.25, -0.2) is 0 Å². The summed E-state index contributed by atoms with van der Waals surface area (Å²) in [4.78, 5) is 0. The number of aliphatic hydroxyl groups excluding tert-OH is 1. The highest BCUT2D eigenvalue weighted by molar-refractivity contribution is 5.29. The minimum atomic E-state index is 0.0419. The zero-order chi connectivity index (χ0) is 12.1. The first kappa shape index (κ1) is 12.4. The monoisotopic (exact) mass is 236 g/mol. The molecular weight excluding hydrogens is 216 g/mol. The summed E-state index contributed by atoms with van der Waals surface area (Å²) in [6.45, 7) is 3.77.